The predicted molar refractivity (Wildman–Crippen MR) is 90.3 cm³/mol. The van der Waals surface area contributed by atoms with Gasteiger partial charge >= 0.3 is 0 Å². The Morgan fingerprint density at radius 3 is 2.00 bits per heavy atom. The third-order valence-electron chi connectivity index (χ3n) is 3.46. The molecule has 2 aromatic rings. The first-order valence-corrected chi connectivity index (χ1v) is 8.82. The minimum Gasteiger partial charge on any atom is -0.207 e. The van der Waals surface area contributed by atoms with Crippen molar-refractivity contribution in [2.75, 3.05) is 10.7 Å². The van der Waals surface area contributed by atoms with Gasteiger partial charge in [0.05, 0.1) is 0 Å². The highest BCUT2D eigenvalue weighted by atomic mass is 79.9. The summed E-state index contributed by atoms with van der Waals surface area (Å²) in [6.45, 7) is 0. The largest absolute Gasteiger partial charge is 0.207 e. The molecule has 0 amide bonds. The monoisotopic (exact) mass is 398 g/mol. The van der Waals surface area contributed by atoms with Gasteiger partial charge in [0.1, 0.15) is 5.82 Å². The molecule has 0 bridgehead atoms. The lowest BCUT2D eigenvalue weighted by molar-refractivity contribution is 0.385. The molecule has 0 aliphatic rings. The molecule has 0 heterocycles. The van der Waals surface area contributed by atoms with Crippen LogP contribution in [0.5, 0.6) is 0 Å². The molecule has 0 atom stereocenters. The van der Waals surface area contributed by atoms with Crippen molar-refractivity contribution in [1.82, 2.24) is 0 Å². The molecule has 20 heavy (non-hydrogen) atoms. The van der Waals surface area contributed by atoms with Crippen molar-refractivity contribution in [3.05, 3.63) is 71.5 Å². The van der Waals surface area contributed by atoms with Crippen LogP contribution in [-0.4, -0.2) is 10.7 Å². The Morgan fingerprint density at radius 2 is 1.40 bits per heavy atom. The first kappa shape index (κ1) is 15.7. The Balaban J connectivity index is 2.21. The van der Waals surface area contributed by atoms with Crippen LogP contribution in [0.3, 0.4) is 0 Å². The molecule has 3 heteroatoms. The summed E-state index contributed by atoms with van der Waals surface area (Å²) < 4.78 is 13.4. The molecule has 0 N–H and O–H groups in total. The van der Waals surface area contributed by atoms with Gasteiger partial charge in [0.15, 0.2) is 0 Å². The second-order valence-corrected chi connectivity index (χ2v) is 6.36. The van der Waals surface area contributed by atoms with E-state index in [0.717, 1.165) is 29.1 Å². The van der Waals surface area contributed by atoms with Crippen LogP contribution in [0.2, 0.25) is 0 Å². The van der Waals surface area contributed by atoms with E-state index in [0.29, 0.717) is 0 Å². The summed E-state index contributed by atoms with van der Waals surface area (Å²) >= 11 is 7.29. The highest BCUT2D eigenvalue weighted by Gasteiger charge is 2.28. The molecule has 0 saturated heterocycles. The zero-order valence-electron chi connectivity index (χ0n) is 11.2. The summed E-state index contributed by atoms with van der Waals surface area (Å²) in [5.74, 6) is -0.166. The van der Waals surface area contributed by atoms with Crippen LogP contribution in [0, 0.1) is 11.2 Å². The number of hydrogen-bond acceptors (Lipinski definition) is 0. The summed E-state index contributed by atoms with van der Waals surface area (Å²) in [5, 5.41) is 1.74. The fourth-order valence-electron chi connectivity index (χ4n) is 2.40. The van der Waals surface area contributed by atoms with Crippen LogP contribution < -0.4 is 0 Å². The number of benzene rings is 2. The molecule has 0 unspecified atom stereocenters. The van der Waals surface area contributed by atoms with Crippen LogP contribution in [0.15, 0.2) is 54.6 Å². The normalized spacial score (nSPS) is 11.6. The molecule has 0 spiro atoms. The minimum absolute atomic E-state index is 0.0507. The fourth-order valence-corrected chi connectivity index (χ4v) is 4.12. The molecule has 0 aliphatic carbocycles. The van der Waals surface area contributed by atoms with Crippen molar-refractivity contribution in [1.29, 1.82) is 0 Å². The average Bonchev–Trinajstić information content (AvgIpc) is 2.47. The maximum Gasteiger partial charge on any atom is 0.123 e. The standard InChI is InChI=1S/C17H17Br2F/c18-12-17(13-19,10-14-5-2-1-3-6-14)11-15-7-4-8-16(20)9-15/h1-9H,10-13H2. The molecule has 2 rings (SSSR count). The Labute approximate surface area is 136 Å². The van der Waals surface area contributed by atoms with Gasteiger partial charge in [-0.25, -0.2) is 4.39 Å². The van der Waals surface area contributed by atoms with E-state index in [9.17, 15) is 4.39 Å². The number of rotatable bonds is 6. The molecule has 0 radical (unpaired) electrons. The topological polar surface area (TPSA) is 0 Å². The van der Waals surface area contributed by atoms with Gasteiger partial charge in [-0.1, -0.05) is 74.3 Å². The second kappa shape index (κ2) is 7.37. The van der Waals surface area contributed by atoms with Crippen LogP contribution in [-0.2, 0) is 12.8 Å². The zero-order valence-corrected chi connectivity index (χ0v) is 14.3. The van der Waals surface area contributed by atoms with Gasteiger partial charge in [-0.05, 0) is 41.5 Å². The molecule has 0 fully saturated rings. The van der Waals surface area contributed by atoms with Gasteiger partial charge in [-0.15, -0.1) is 0 Å². The lowest BCUT2D eigenvalue weighted by atomic mass is 9.80. The van der Waals surface area contributed by atoms with E-state index >= 15 is 0 Å². The summed E-state index contributed by atoms with van der Waals surface area (Å²) in [7, 11) is 0. The Morgan fingerprint density at radius 1 is 0.800 bits per heavy atom. The number of halogens is 3. The van der Waals surface area contributed by atoms with E-state index < -0.39 is 0 Å². The summed E-state index contributed by atoms with van der Waals surface area (Å²) in [5.41, 5.74) is 2.40. The fraction of sp³-hybridized carbons (Fsp3) is 0.294. The van der Waals surface area contributed by atoms with Crippen LogP contribution >= 0.6 is 31.9 Å². The quantitative estimate of drug-likeness (QED) is 0.571. The third kappa shape index (κ3) is 4.16. The Kier molecular flexibility index (Phi) is 5.79. The maximum absolute atomic E-state index is 13.4. The molecule has 0 aromatic heterocycles. The second-order valence-electron chi connectivity index (χ2n) is 5.24. The lowest BCUT2D eigenvalue weighted by Crippen LogP contribution is -2.30. The molecule has 0 aliphatic heterocycles. The summed E-state index contributed by atoms with van der Waals surface area (Å²) in [6.07, 6.45) is 1.80. The van der Waals surface area contributed by atoms with E-state index in [4.69, 9.17) is 0 Å². The van der Waals surface area contributed by atoms with Gasteiger partial charge in [0, 0.05) is 10.7 Å². The summed E-state index contributed by atoms with van der Waals surface area (Å²) in [4.78, 5) is 0. The van der Waals surface area contributed by atoms with E-state index in [-0.39, 0.29) is 11.2 Å². The van der Waals surface area contributed by atoms with Crippen molar-refractivity contribution in [3.63, 3.8) is 0 Å². The van der Waals surface area contributed by atoms with E-state index in [1.807, 2.05) is 12.1 Å². The van der Waals surface area contributed by atoms with Gasteiger partial charge in [0.2, 0.25) is 0 Å². The van der Waals surface area contributed by atoms with E-state index in [1.54, 1.807) is 12.1 Å². The smallest absolute Gasteiger partial charge is 0.123 e. The molecule has 0 saturated carbocycles. The number of hydrogen-bond donors (Lipinski definition) is 0. The van der Waals surface area contributed by atoms with Crippen molar-refractivity contribution in [2.24, 2.45) is 5.41 Å². The third-order valence-corrected chi connectivity index (χ3v) is 5.84. The van der Waals surface area contributed by atoms with Crippen LogP contribution in [0.25, 0.3) is 0 Å². The van der Waals surface area contributed by atoms with Crippen molar-refractivity contribution < 1.29 is 4.39 Å². The zero-order chi connectivity index (χ0) is 14.4. The lowest BCUT2D eigenvalue weighted by Gasteiger charge is -2.30. The van der Waals surface area contributed by atoms with E-state index in [2.05, 4.69) is 56.1 Å². The summed E-state index contributed by atoms with van der Waals surface area (Å²) in [6, 6.07) is 17.3. The predicted octanol–water partition coefficient (Wildman–Crippen LogP) is 5.39. The SMILES string of the molecule is Fc1cccc(CC(CBr)(CBr)Cc2ccccc2)c1. The highest BCUT2D eigenvalue weighted by molar-refractivity contribution is 9.09. The molecule has 0 nitrogen and oxygen atoms in total. The van der Waals surface area contributed by atoms with Crippen molar-refractivity contribution in [2.45, 2.75) is 12.8 Å². The maximum atomic E-state index is 13.4. The van der Waals surface area contributed by atoms with Gasteiger partial charge in [-0.3, -0.25) is 0 Å². The molecule has 106 valence electrons. The highest BCUT2D eigenvalue weighted by Crippen LogP contribution is 2.32. The van der Waals surface area contributed by atoms with Crippen LogP contribution in [0.4, 0.5) is 4.39 Å². The molecular formula is C17H17Br2F. The Bertz CT molecular complexity index is 536. The first-order chi connectivity index (χ1) is 9.67. The Hall–Kier alpha value is -0.670. The van der Waals surface area contributed by atoms with Gasteiger partial charge < -0.3 is 0 Å². The number of alkyl halides is 2. The average molecular weight is 400 g/mol. The minimum atomic E-state index is -0.166. The van der Waals surface area contributed by atoms with Crippen molar-refractivity contribution in [3.8, 4) is 0 Å². The molecular weight excluding hydrogens is 383 g/mol. The van der Waals surface area contributed by atoms with Gasteiger partial charge in [0.25, 0.3) is 0 Å². The van der Waals surface area contributed by atoms with E-state index in [1.165, 1.54) is 11.6 Å². The van der Waals surface area contributed by atoms with Gasteiger partial charge in [-0.2, -0.15) is 0 Å². The van der Waals surface area contributed by atoms with Crippen molar-refractivity contribution >= 4 is 31.9 Å². The molecule has 2 aromatic carbocycles. The van der Waals surface area contributed by atoms with Crippen LogP contribution in [0.1, 0.15) is 11.1 Å². The first-order valence-electron chi connectivity index (χ1n) is 6.58.